The number of hydrogen-bond acceptors (Lipinski definition) is 3. The number of anilines is 1. The van der Waals surface area contributed by atoms with Crippen molar-refractivity contribution in [1.82, 2.24) is 4.90 Å². The number of nitrogens with zero attached hydrogens (tertiary/aromatic N) is 1. The average Bonchev–Trinajstić information content (AvgIpc) is 2.73. The molecule has 146 valence electrons. The first-order valence-electron chi connectivity index (χ1n) is 10.4. The van der Waals surface area contributed by atoms with E-state index in [0.29, 0.717) is 13.0 Å². The Morgan fingerprint density at radius 1 is 1.04 bits per heavy atom. The van der Waals surface area contributed by atoms with Crippen LogP contribution >= 0.6 is 0 Å². The van der Waals surface area contributed by atoms with E-state index in [1.807, 2.05) is 18.2 Å². The van der Waals surface area contributed by atoms with Crippen molar-refractivity contribution in [2.75, 3.05) is 25.0 Å². The van der Waals surface area contributed by atoms with Crippen molar-refractivity contribution in [1.29, 1.82) is 0 Å². The molecule has 0 radical (unpaired) electrons. The summed E-state index contributed by atoms with van der Waals surface area (Å²) in [6.07, 6.45) is 5.96. The lowest BCUT2D eigenvalue weighted by atomic mass is 9.90. The third-order valence-corrected chi connectivity index (χ3v) is 6.08. The molecule has 2 heterocycles. The van der Waals surface area contributed by atoms with Crippen molar-refractivity contribution < 1.29 is 9.59 Å². The third kappa shape index (κ3) is 4.68. The molecule has 1 N–H and O–H groups in total. The van der Waals surface area contributed by atoms with Crippen LogP contribution in [0.3, 0.4) is 0 Å². The quantitative estimate of drug-likeness (QED) is 0.772. The maximum absolute atomic E-state index is 12.7. The van der Waals surface area contributed by atoms with Crippen LogP contribution in [-0.4, -0.2) is 36.2 Å². The van der Waals surface area contributed by atoms with Crippen molar-refractivity contribution in [3.8, 4) is 0 Å². The number of ketones is 1. The molecule has 2 aromatic rings. The summed E-state index contributed by atoms with van der Waals surface area (Å²) in [6.45, 7) is 2.51. The molecule has 1 amide bonds. The molecule has 4 nitrogen and oxygen atoms in total. The molecule has 0 atom stereocenters. The molecule has 0 aromatic heterocycles. The summed E-state index contributed by atoms with van der Waals surface area (Å²) in [7, 11) is 0. The second-order valence-electron chi connectivity index (χ2n) is 8.09. The van der Waals surface area contributed by atoms with Crippen LogP contribution in [-0.2, 0) is 17.6 Å². The van der Waals surface area contributed by atoms with Crippen LogP contribution in [0.5, 0.6) is 0 Å². The minimum absolute atomic E-state index is 0.0571. The lowest BCUT2D eigenvalue weighted by Gasteiger charge is -2.31. The largest absolute Gasteiger partial charge is 0.326 e. The Kier molecular flexibility index (Phi) is 5.87. The van der Waals surface area contributed by atoms with Gasteiger partial charge in [-0.15, -0.1) is 0 Å². The fraction of sp³-hybridized carbons (Fsp3) is 0.417. The highest BCUT2D eigenvalue weighted by atomic mass is 16.1. The molecular formula is C24H28N2O2. The second-order valence-corrected chi connectivity index (χ2v) is 8.09. The summed E-state index contributed by atoms with van der Waals surface area (Å²) in [5.41, 5.74) is 4.11. The van der Waals surface area contributed by atoms with Crippen LogP contribution in [0.25, 0.3) is 0 Å². The van der Waals surface area contributed by atoms with Crippen LogP contribution in [0.15, 0.2) is 48.5 Å². The van der Waals surface area contributed by atoms with Gasteiger partial charge in [0, 0.05) is 17.7 Å². The molecule has 0 spiro atoms. The van der Waals surface area contributed by atoms with Gasteiger partial charge in [0.05, 0.1) is 6.54 Å². The predicted molar refractivity (Wildman–Crippen MR) is 112 cm³/mol. The molecule has 0 bridgehead atoms. The van der Waals surface area contributed by atoms with Crippen molar-refractivity contribution in [3.63, 3.8) is 0 Å². The Hall–Kier alpha value is -2.46. The first kappa shape index (κ1) is 18.9. The van der Waals surface area contributed by atoms with E-state index in [1.165, 1.54) is 24.8 Å². The van der Waals surface area contributed by atoms with Gasteiger partial charge >= 0.3 is 0 Å². The number of carbonyl (C=O) groups excluding carboxylic acids is 2. The van der Waals surface area contributed by atoms with E-state index >= 15 is 0 Å². The smallest absolute Gasteiger partial charge is 0.224 e. The summed E-state index contributed by atoms with van der Waals surface area (Å²) in [6, 6.07) is 16.4. The van der Waals surface area contributed by atoms with Crippen LogP contribution in [0.2, 0.25) is 0 Å². The van der Waals surface area contributed by atoms with Gasteiger partial charge in [0.25, 0.3) is 0 Å². The van der Waals surface area contributed by atoms with Gasteiger partial charge < -0.3 is 5.32 Å². The molecule has 4 heteroatoms. The molecule has 2 aromatic carbocycles. The van der Waals surface area contributed by atoms with E-state index in [4.69, 9.17) is 0 Å². The summed E-state index contributed by atoms with van der Waals surface area (Å²) < 4.78 is 0. The molecule has 0 aliphatic carbocycles. The first-order valence-corrected chi connectivity index (χ1v) is 10.4. The Morgan fingerprint density at radius 2 is 1.82 bits per heavy atom. The van der Waals surface area contributed by atoms with Crippen molar-refractivity contribution in [2.45, 2.75) is 38.5 Å². The SMILES string of the molecule is O=C1CCc2cc(C(=O)CN3CCC(CCc4ccccc4)CC3)ccc2N1. The van der Waals surface area contributed by atoms with Gasteiger partial charge in [0.2, 0.25) is 5.91 Å². The van der Waals surface area contributed by atoms with E-state index < -0.39 is 0 Å². The van der Waals surface area contributed by atoms with Crippen LogP contribution in [0.1, 0.15) is 47.2 Å². The van der Waals surface area contributed by atoms with Crippen molar-refractivity contribution >= 4 is 17.4 Å². The van der Waals surface area contributed by atoms with E-state index in [-0.39, 0.29) is 11.7 Å². The Balaban J connectivity index is 1.25. The number of hydrogen-bond donors (Lipinski definition) is 1. The number of benzene rings is 2. The third-order valence-electron chi connectivity index (χ3n) is 6.08. The van der Waals surface area contributed by atoms with Gasteiger partial charge in [-0.25, -0.2) is 0 Å². The Morgan fingerprint density at radius 3 is 2.61 bits per heavy atom. The van der Waals surface area contributed by atoms with E-state index in [1.54, 1.807) is 0 Å². The highest BCUT2D eigenvalue weighted by Gasteiger charge is 2.22. The lowest BCUT2D eigenvalue weighted by molar-refractivity contribution is -0.116. The topological polar surface area (TPSA) is 49.4 Å². The van der Waals surface area contributed by atoms with Gasteiger partial charge in [-0.05, 0) is 80.4 Å². The predicted octanol–water partition coefficient (Wildman–Crippen LogP) is 4.10. The fourth-order valence-electron chi connectivity index (χ4n) is 4.30. The van der Waals surface area contributed by atoms with E-state index in [2.05, 4.69) is 40.5 Å². The van der Waals surface area contributed by atoms with Crippen LogP contribution < -0.4 is 5.32 Å². The Bertz CT molecular complexity index is 839. The van der Waals surface area contributed by atoms with Crippen LogP contribution in [0, 0.1) is 5.92 Å². The van der Waals surface area contributed by atoms with E-state index in [0.717, 1.165) is 48.7 Å². The maximum atomic E-state index is 12.7. The summed E-state index contributed by atoms with van der Waals surface area (Å²) in [4.78, 5) is 26.5. The highest BCUT2D eigenvalue weighted by molar-refractivity contribution is 6.00. The summed E-state index contributed by atoms with van der Waals surface area (Å²) in [5, 5.41) is 2.88. The molecule has 1 fully saturated rings. The Labute approximate surface area is 166 Å². The number of nitrogens with one attached hydrogen (secondary N) is 1. The monoisotopic (exact) mass is 376 g/mol. The van der Waals surface area contributed by atoms with E-state index in [9.17, 15) is 9.59 Å². The number of amides is 1. The second kappa shape index (κ2) is 8.70. The van der Waals surface area contributed by atoms with Gasteiger partial charge in [-0.2, -0.15) is 0 Å². The van der Waals surface area contributed by atoms with Crippen LogP contribution in [0.4, 0.5) is 5.69 Å². The zero-order valence-electron chi connectivity index (χ0n) is 16.3. The number of rotatable bonds is 6. The molecule has 0 saturated carbocycles. The molecular weight excluding hydrogens is 348 g/mol. The number of Topliss-reactive ketones (excluding diaryl/α,β-unsaturated/α-hetero) is 1. The zero-order valence-corrected chi connectivity index (χ0v) is 16.3. The maximum Gasteiger partial charge on any atom is 0.224 e. The van der Waals surface area contributed by atoms with Gasteiger partial charge in [0.15, 0.2) is 5.78 Å². The fourth-order valence-corrected chi connectivity index (χ4v) is 4.30. The summed E-state index contributed by atoms with van der Waals surface area (Å²) in [5.74, 6) is 1.00. The van der Waals surface area contributed by atoms with Crippen molar-refractivity contribution in [3.05, 3.63) is 65.2 Å². The molecule has 2 aliphatic rings. The molecule has 1 saturated heterocycles. The lowest BCUT2D eigenvalue weighted by Crippen LogP contribution is -2.37. The molecule has 2 aliphatic heterocycles. The molecule has 28 heavy (non-hydrogen) atoms. The molecule has 4 rings (SSSR count). The van der Waals surface area contributed by atoms with Gasteiger partial charge in [-0.1, -0.05) is 30.3 Å². The molecule has 0 unspecified atom stereocenters. The van der Waals surface area contributed by atoms with Crippen molar-refractivity contribution in [2.24, 2.45) is 5.92 Å². The first-order chi connectivity index (χ1) is 13.7. The average molecular weight is 377 g/mol. The number of carbonyl (C=O) groups is 2. The minimum Gasteiger partial charge on any atom is -0.326 e. The van der Waals surface area contributed by atoms with Gasteiger partial charge in [-0.3, -0.25) is 14.5 Å². The number of fused-ring (bicyclic) bond motifs is 1. The zero-order chi connectivity index (χ0) is 19.3. The standard InChI is InChI=1S/C24H28N2O2/c27-23(21-8-10-22-20(16-21)9-11-24(28)25-22)17-26-14-12-19(13-15-26)7-6-18-4-2-1-3-5-18/h1-5,8,10,16,19H,6-7,9,11-15,17H2,(H,25,28). The van der Waals surface area contributed by atoms with Gasteiger partial charge in [0.1, 0.15) is 0 Å². The normalized spacial score (nSPS) is 17.8. The minimum atomic E-state index is 0.0571. The number of aryl methyl sites for hydroxylation is 2. The number of piperidine rings is 1. The number of likely N-dealkylation sites (tertiary alicyclic amines) is 1. The summed E-state index contributed by atoms with van der Waals surface area (Å²) >= 11 is 0. The highest BCUT2D eigenvalue weighted by Crippen LogP contribution is 2.25.